The average molecular weight is 531 g/mol. The molecule has 0 aromatic heterocycles. The van der Waals surface area contributed by atoms with E-state index in [0.29, 0.717) is 19.7 Å². The molecule has 1 amide bonds. The van der Waals surface area contributed by atoms with Crippen LogP contribution in [-0.4, -0.2) is 55.4 Å². The smallest absolute Gasteiger partial charge is 0.410 e. The van der Waals surface area contributed by atoms with Gasteiger partial charge in [-0.1, -0.05) is 48.5 Å². The quantitative estimate of drug-likeness (QED) is 0.253. The fourth-order valence-corrected chi connectivity index (χ4v) is 4.82. The Morgan fingerprint density at radius 3 is 2.62 bits per heavy atom. The van der Waals surface area contributed by atoms with Crippen LogP contribution in [0.3, 0.4) is 0 Å². The van der Waals surface area contributed by atoms with Crippen LogP contribution >= 0.6 is 0 Å². The average Bonchev–Trinajstić information content (AvgIpc) is 2.89. The molecule has 0 saturated heterocycles. The van der Waals surface area contributed by atoms with Crippen LogP contribution in [0.4, 0.5) is 10.5 Å². The number of carbonyl (C=O) groups excluding carboxylic acids is 2. The number of hydrogen-bond donors (Lipinski definition) is 0. The molecule has 7 heteroatoms. The second kappa shape index (κ2) is 11.8. The molecule has 7 nitrogen and oxygen atoms in total. The molecule has 0 saturated carbocycles. The van der Waals surface area contributed by atoms with Gasteiger partial charge in [0.05, 0.1) is 31.4 Å². The molecule has 0 N–H and O–H groups in total. The summed E-state index contributed by atoms with van der Waals surface area (Å²) in [4.78, 5) is 29.1. The molecule has 0 spiro atoms. The van der Waals surface area contributed by atoms with Crippen molar-refractivity contribution in [1.82, 2.24) is 4.90 Å². The Hall–Kier alpha value is -4.00. The van der Waals surface area contributed by atoms with Gasteiger partial charge in [0, 0.05) is 13.1 Å². The van der Waals surface area contributed by atoms with Gasteiger partial charge >= 0.3 is 12.1 Å². The number of carbonyl (C=O) groups is 2. The number of anilines is 1. The molecule has 0 bridgehead atoms. The fourth-order valence-electron chi connectivity index (χ4n) is 4.82. The standard InChI is InChI=1S/C32H38N2O5/c1-7-37-30(35)18-16-23-15-17-29-28(19-23)33(6)20-25(38-29)21-34(31(36)39-32(3,4)5)22(2)26-14-10-12-24-11-8-9-13-27(24)26/h8-19,22,25H,7,20-21H2,1-6H3. The molecule has 2 atom stereocenters. The maximum Gasteiger partial charge on any atom is 0.410 e. The highest BCUT2D eigenvalue weighted by molar-refractivity contribution is 5.88. The molecule has 39 heavy (non-hydrogen) atoms. The van der Waals surface area contributed by atoms with Gasteiger partial charge < -0.3 is 19.1 Å². The Kier molecular flexibility index (Phi) is 8.48. The van der Waals surface area contributed by atoms with E-state index < -0.39 is 5.60 Å². The topological polar surface area (TPSA) is 68.3 Å². The zero-order valence-electron chi connectivity index (χ0n) is 23.6. The van der Waals surface area contributed by atoms with E-state index in [0.717, 1.165) is 33.3 Å². The summed E-state index contributed by atoms with van der Waals surface area (Å²) in [6, 6.07) is 19.9. The first-order chi connectivity index (χ1) is 18.6. The van der Waals surface area contributed by atoms with E-state index in [1.807, 2.05) is 71.1 Å². The molecular weight excluding hydrogens is 492 g/mol. The number of hydrogen-bond acceptors (Lipinski definition) is 6. The van der Waals surface area contributed by atoms with Crippen molar-refractivity contribution in [2.24, 2.45) is 0 Å². The lowest BCUT2D eigenvalue weighted by molar-refractivity contribution is -0.137. The first-order valence-corrected chi connectivity index (χ1v) is 13.4. The third kappa shape index (κ3) is 6.91. The number of rotatable bonds is 7. The van der Waals surface area contributed by atoms with Gasteiger partial charge in [-0.2, -0.15) is 0 Å². The molecule has 1 aliphatic rings. The number of ether oxygens (including phenoxy) is 3. The highest BCUT2D eigenvalue weighted by Gasteiger charge is 2.33. The van der Waals surface area contributed by atoms with E-state index in [1.165, 1.54) is 6.08 Å². The Balaban J connectivity index is 1.58. The van der Waals surface area contributed by atoms with Gasteiger partial charge in [0.25, 0.3) is 0 Å². The van der Waals surface area contributed by atoms with Crippen molar-refractivity contribution in [2.75, 3.05) is 31.6 Å². The predicted molar refractivity (Wildman–Crippen MR) is 155 cm³/mol. The number of fused-ring (bicyclic) bond motifs is 2. The molecule has 0 radical (unpaired) electrons. The Labute approximate surface area is 230 Å². The molecule has 1 aliphatic heterocycles. The predicted octanol–water partition coefficient (Wildman–Crippen LogP) is 6.61. The number of esters is 1. The first kappa shape index (κ1) is 28.0. The van der Waals surface area contributed by atoms with Gasteiger partial charge in [-0.15, -0.1) is 0 Å². The Bertz CT molecular complexity index is 1350. The van der Waals surface area contributed by atoms with Crippen LogP contribution < -0.4 is 9.64 Å². The number of amides is 1. The first-order valence-electron chi connectivity index (χ1n) is 13.4. The maximum absolute atomic E-state index is 13.5. The van der Waals surface area contributed by atoms with E-state index in [4.69, 9.17) is 14.2 Å². The molecular formula is C32H38N2O5. The summed E-state index contributed by atoms with van der Waals surface area (Å²) >= 11 is 0. The van der Waals surface area contributed by atoms with Gasteiger partial charge in [0.2, 0.25) is 0 Å². The van der Waals surface area contributed by atoms with Crippen LogP contribution in [0.15, 0.2) is 66.7 Å². The van der Waals surface area contributed by atoms with Gasteiger partial charge in [0.15, 0.2) is 0 Å². The normalized spacial score (nSPS) is 15.9. The van der Waals surface area contributed by atoms with Gasteiger partial charge in [0.1, 0.15) is 17.5 Å². The minimum absolute atomic E-state index is 0.239. The lowest BCUT2D eigenvalue weighted by Crippen LogP contribution is -2.48. The largest absolute Gasteiger partial charge is 0.485 e. The summed E-state index contributed by atoms with van der Waals surface area (Å²) in [5.41, 5.74) is 2.22. The molecule has 0 aliphatic carbocycles. The molecule has 2 unspecified atom stereocenters. The highest BCUT2D eigenvalue weighted by atomic mass is 16.6. The van der Waals surface area contributed by atoms with Crippen molar-refractivity contribution < 1.29 is 23.8 Å². The van der Waals surface area contributed by atoms with Gasteiger partial charge in [-0.05, 0) is 74.7 Å². The van der Waals surface area contributed by atoms with Crippen LogP contribution in [0.5, 0.6) is 5.75 Å². The van der Waals surface area contributed by atoms with Crippen molar-refractivity contribution in [2.45, 2.75) is 52.4 Å². The van der Waals surface area contributed by atoms with E-state index >= 15 is 0 Å². The van der Waals surface area contributed by atoms with Crippen molar-refractivity contribution >= 4 is 34.6 Å². The summed E-state index contributed by atoms with van der Waals surface area (Å²) in [6.45, 7) is 10.7. The van der Waals surface area contributed by atoms with E-state index in [1.54, 1.807) is 17.9 Å². The number of likely N-dealkylation sites (N-methyl/N-ethyl adjacent to an activating group) is 1. The fraction of sp³-hybridized carbons (Fsp3) is 0.375. The van der Waals surface area contributed by atoms with Crippen molar-refractivity contribution in [3.05, 3.63) is 77.9 Å². The van der Waals surface area contributed by atoms with Crippen LogP contribution in [0.1, 0.15) is 51.8 Å². The van der Waals surface area contributed by atoms with Crippen LogP contribution in [0.25, 0.3) is 16.8 Å². The molecule has 1 heterocycles. The minimum Gasteiger partial charge on any atom is -0.485 e. The van der Waals surface area contributed by atoms with Crippen molar-refractivity contribution in [1.29, 1.82) is 0 Å². The second-order valence-corrected chi connectivity index (χ2v) is 10.8. The van der Waals surface area contributed by atoms with E-state index in [-0.39, 0.29) is 24.2 Å². The third-order valence-corrected chi connectivity index (χ3v) is 6.63. The maximum atomic E-state index is 13.5. The Morgan fingerprint density at radius 1 is 1.13 bits per heavy atom. The summed E-state index contributed by atoms with van der Waals surface area (Å²) < 4.78 is 17.2. The second-order valence-electron chi connectivity index (χ2n) is 10.8. The number of nitrogens with zero attached hydrogens (tertiary/aromatic N) is 2. The zero-order valence-corrected chi connectivity index (χ0v) is 23.6. The van der Waals surface area contributed by atoms with Crippen LogP contribution in [-0.2, 0) is 14.3 Å². The minimum atomic E-state index is -0.627. The lowest BCUT2D eigenvalue weighted by Gasteiger charge is -2.39. The van der Waals surface area contributed by atoms with Gasteiger partial charge in [-0.25, -0.2) is 9.59 Å². The monoisotopic (exact) mass is 530 g/mol. The summed E-state index contributed by atoms with van der Waals surface area (Å²) in [5.74, 6) is 0.353. The van der Waals surface area contributed by atoms with Crippen LogP contribution in [0.2, 0.25) is 0 Å². The van der Waals surface area contributed by atoms with E-state index in [9.17, 15) is 9.59 Å². The summed E-state index contributed by atoms with van der Waals surface area (Å²) in [7, 11) is 2.00. The van der Waals surface area contributed by atoms with Crippen molar-refractivity contribution in [3.63, 3.8) is 0 Å². The molecule has 4 rings (SSSR count). The summed E-state index contributed by atoms with van der Waals surface area (Å²) in [5, 5.41) is 2.23. The SMILES string of the molecule is CCOC(=O)C=Cc1ccc2c(c1)N(C)CC(CN(C(=O)OC(C)(C)C)C(C)c1cccc3ccccc13)O2. The van der Waals surface area contributed by atoms with Crippen LogP contribution in [0, 0.1) is 0 Å². The zero-order chi connectivity index (χ0) is 28.2. The lowest BCUT2D eigenvalue weighted by atomic mass is 9.98. The Morgan fingerprint density at radius 2 is 1.87 bits per heavy atom. The molecule has 3 aromatic rings. The van der Waals surface area contributed by atoms with E-state index in [2.05, 4.69) is 29.2 Å². The third-order valence-electron chi connectivity index (χ3n) is 6.63. The molecule has 0 fully saturated rings. The number of benzene rings is 3. The highest BCUT2D eigenvalue weighted by Crippen LogP contribution is 2.35. The molecule has 206 valence electrons. The van der Waals surface area contributed by atoms with Gasteiger partial charge in [-0.3, -0.25) is 4.90 Å². The molecule has 3 aromatic carbocycles. The summed E-state index contributed by atoms with van der Waals surface area (Å²) in [6.07, 6.45) is 2.51. The van der Waals surface area contributed by atoms with Crippen molar-refractivity contribution in [3.8, 4) is 5.75 Å².